The third-order valence-corrected chi connectivity index (χ3v) is 6.25. The number of methoxy groups -OCH3 is 2. The van der Waals surface area contributed by atoms with Crippen LogP contribution in [0.2, 0.25) is 0 Å². The molecule has 8 heteroatoms. The van der Waals surface area contributed by atoms with Crippen molar-refractivity contribution in [1.29, 1.82) is 0 Å². The zero-order valence-corrected chi connectivity index (χ0v) is 17.8. The van der Waals surface area contributed by atoms with E-state index in [2.05, 4.69) is 32.2 Å². The van der Waals surface area contributed by atoms with E-state index in [1.807, 2.05) is 12.1 Å². The number of aromatic nitrogens is 3. The van der Waals surface area contributed by atoms with Gasteiger partial charge in [-0.05, 0) is 54.7 Å². The van der Waals surface area contributed by atoms with Crippen LogP contribution in [0.25, 0.3) is 11.5 Å². The zero-order chi connectivity index (χ0) is 21.3. The molecule has 2 aromatic heterocycles. The van der Waals surface area contributed by atoms with Crippen LogP contribution in [0, 0.1) is 0 Å². The van der Waals surface area contributed by atoms with E-state index in [1.54, 1.807) is 26.6 Å². The van der Waals surface area contributed by atoms with Crippen LogP contribution >= 0.6 is 0 Å². The van der Waals surface area contributed by atoms with Gasteiger partial charge in [0.05, 0.1) is 38.5 Å². The molecule has 0 N–H and O–H groups in total. The van der Waals surface area contributed by atoms with Gasteiger partial charge in [0.15, 0.2) is 11.5 Å². The molecule has 0 bridgehead atoms. The van der Waals surface area contributed by atoms with E-state index >= 15 is 0 Å². The first-order valence-corrected chi connectivity index (χ1v) is 10.6. The fourth-order valence-electron chi connectivity index (χ4n) is 4.59. The number of pyridine rings is 1. The second-order valence-corrected chi connectivity index (χ2v) is 7.98. The predicted molar refractivity (Wildman–Crippen MR) is 113 cm³/mol. The highest BCUT2D eigenvalue weighted by molar-refractivity contribution is 5.51. The summed E-state index contributed by atoms with van der Waals surface area (Å²) in [5.41, 5.74) is 3.07. The molecule has 0 radical (unpaired) electrons. The maximum absolute atomic E-state index is 6.38. The molecule has 2 aliphatic heterocycles. The minimum atomic E-state index is -0.278. The Morgan fingerprint density at radius 3 is 2.65 bits per heavy atom. The van der Waals surface area contributed by atoms with Crippen LogP contribution in [-0.2, 0) is 23.3 Å². The largest absolute Gasteiger partial charge is 0.493 e. The number of nitrogens with zero attached hydrogens (tertiary/aromatic N) is 4. The predicted octanol–water partition coefficient (Wildman–Crippen LogP) is 3.21. The lowest BCUT2D eigenvalue weighted by Crippen LogP contribution is -2.46. The van der Waals surface area contributed by atoms with Crippen molar-refractivity contribution in [3.8, 4) is 23.0 Å². The number of fused-ring (bicyclic) bond motifs is 2. The van der Waals surface area contributed by atoms with E-state index in [4.69, 9.17) is 18.6 Å². The fourth-order valence-corrected chi connectivity index (χ4v) is 4.59. The highest BCUT2D eigenvalue weighted by Crippen LogP contribution is 2.45. The molecule has 1 spiro atoms. The van der Waals surface area contributed by atoms with E-state index in [-0.39, 0.29) is 5.60 Å². The topological polar surface area (TPSA) is 82.7 Å². The molecular weight excluding hydrogens is 396 g/mol. The molecule has 1 saturated heterocycles. The molecule has 0 atom stereocenters. The number of piperidine rings is 1. The molecule has 162 valence electrons. The number of hydrogen-bond acceptors (Lipinski definition) is 8. The first-order chi connectivity index (χ1) is 15.2. The minimum absolute atomic E-state index is 0.278. The molecule has 0 saturated carbocycles. The van der Waals surface area contributed by atoms with Gasteiger partial charge in [-0.2, -0.15) is 0 Å². The summed E-state index contributed by atoms with van der Waals surface area (Å²) in [6, 6.07) is 7.97. The quantitative estimate of drug-likeness (QED) is 0.620. The van der Waals surface area contributed by atoms with Crippen LogP contribution in [0.5, 0.6) is 11.5 Å². The summed E-state index contributed by atoms with van der Waals surface area (Å²) in [7, 11) is 3.35. The summed E-state index contributed by atoms with van der Waals surface area (Å²) in [5, 5.41) is 8.39. The van der Waals surface area contributed by atoms with Crippen LogP contribution in [0.15, 0.2) is 41.1 Å². The minimum Gasteiger partial charge on any atom is -0.493 e. The van der Waals surface area contributed by atoms with E-state index in [1.165, 1.54) is 11.1 Å². The Kier molecular flexibility index (Phi) is 5.33. The number of hydrogen-bond donors (Lipinski definition) is 0. The lowest BCUT2D eigenvalue weighted by atomic mass is 9.79. The van der Waals surface area contributed by atoms with Crippen molar-refractivity contribution < 1.29 is 18.6 Å². The molecule has 1 aromatic carbocycles. The van der Waals surface area contributed by atoms with Gasteiger partial charge >= 0.3 is 0 Å². The molecule has 3 aromatic rings. The summed E-state index contributed by atoms with van der Waals surface area (Å²) >= 11 is 0. The highest BCUT2D eigenvalue weighted by atomic mass is 16.5. The summed E-state index contributed by atoms with van der Waals surface area (Å²) in [6.07, 6.45) is 6.14. The van der Waals surface area contributed by atoms with Gasteiger partial charge in [0.25, 0.3) is 0 Å². The molecule has 0 amide bonds. The Morgan fingerprint density at radius 1 is 1.10 bits per heavy atom. The van der Waals surface area contributed by atoms with E-state index in [0.29, 0.717) is 18.3 Å². The summed E-state index contributed by atoms with van der Waals surface area (Å²) in [6.45, 7) is 3.12. The lowest BCUT2D eigenvalue weighted by molar-refractivity contribution is -0.0997. The second-order valence-electron chi connectivity index (χ2n) is 7.98. The van der Waals surface area contributed by atoms with Crippen molar-refractivity contribution in [3.05, 3.63) is 53.7 Å². The number of rotatable bonds is 5. The third-order valence-electron chi connectivity index (χ3n) is 6.25. The average Bonchev–Trinajstić information content (AvgIpc) is 3.29. The fraction of sp³-hybridized carbons (Fsp3) is 0.435. The second kappa shape index (κ2) is 8.28. The van der Waals surface area contributed by atoms with Gasteiger partial charge in [0.1, 0.15) is 0 Å². The highest BCUT2D eigenvalue weighted by Gasteiger charge is 2.41. The monoisotopic (exact) mass is 422 g/mol. The molecule has 8 nitrogen and oxygen atoms in total. The molecule has 1 fully saturated rings. The number of likely N-dealkylation sites (tertiary alicyclic amines) is 1. The molecule has 5 rings (SSSR count). The van der Waals surface area contributed by atoms with Crippen LogP contribution in [0.1, 0.15) is 29.9 Å². The van der Waals surface area contributed by atoms with Crippen molar-refractivity contribution in [1.82, 2.24) is 20.1 Å². The van der Waals surface area contributed by atoms with Crippen molar-refractivity contribution in [2.24, 2.45) is 0 Å². The maximum atomic E-state index is 6.38. The Bertz CT molecular complexity index is 1040. The maximum Gasteiger partial charge on any atom is 0.249 e. The SMILES string of the molecule is COc1cc2c(cc1OC)C1(CCN(Cc3nnc(-c4cccnc4)o3)CC1)OCC2. The molecular formula is C23H26N4O4. The van der Waals surface area contributed by atoms with Crippen molar-refractivity contribution in [2.75, 3.05) is 33.9 Å². The molecule has 0 unspecified atom stereocenters. The van der Waals surface area contributed by atoms with E-state index < -0.39 is 0 Å². The number of ether oxygens (including phenoxy) is 3. The first-order valence-electron chi connectivity index (χ1n) is 10.6. The van der Waals surface area contributed by atoms with Crippen LogP contribution < -0.4 is 9.47 Å². The summed E-state index contributed by atoms with van der Waals surface area (Å²) in [5.74, 6) is 2.65. The van der Waals surface area contributed by atoms with Gasteiger partial charge in [-0.15, -0.1) is 10.2 Å². The Balaban J connectivity index is 1.30. The smallest absolute Gasteiger partial charge is 0.249 e. The Morgan fingerprint density at radius 2 is 1.90 bits per heavy atom. The van der Waals surface area contributed by atoms with E-state index in [0.717, 1.165) is 56.0 Å². The van der Waals surface area contributed by atoms with Crippen LogP contribution in [-0.4, -0.2) is 54.0 Å². The van der Waals surface area contributed by atoms with Crippen molar-refractivity contribution >= 4 is 0 Å². The van der Waals surface area contributed by atoms with Gasteiger partial charge in [-0.3, -0.25) is 9.88 Å². The Hall–Kier alpha value is -2.97. The van der Waals surface area contributed by atoms with Crippen molar-refractivity contribution in [3.63, 3.8) is 0 Å². The standard InChI is InChI=1S/C23H26N4O4/c1-28-19-12-16-5-11-30-23(18(16)13-20(19)29-2)6-9-27(10-7-23)15-21-25-26-22(31-21)17-4-3-8-24-14-17/h3-4,8,12-14H,5-7,9-11,15H2,1-2H3. The molecule has 2 aliphatic rings. The summed E-state index contributed by atoms with van der Waals surface area (Å²) in [4.78, 5) is 6.44. The van der Waals surface area contributed by atoms with Gasteiger partial charge < -0.3 is 18.6 Å². The molecule has 31 heavy (non-hydrogen) atoms. The lowest BCUT2D eigenvalue weighted by Gasteiger charge is -2.45. The van der Waals surface area contributed by atoms with Gasteiger partial charge in [-0.25, -0.2) is 0 Å². The normalized spacial score (nSPS) is 18.0. The van der Waals surface area contributed by atoms with Crippen LogP contribution in [0.4, 0.5) is 0 Å². The zero-order valence-electron chi connectivity index (χ0n) is 17.8. The van der Waals surface area contributed by atoms with E-state index in [9.17, 15) is 0 Å². The average molecular weight is 422 g/mol. The third kappa shape index (κ3) is 3.77. The molecule has 0 aliphatic carbocycles. The Labute approximate surface area is 181 Å². The molecule has 4 heterocycles. The van der Waals surface area contributed by atoms with Gasteiger partial charge in [-0.1, -0.05) is 0 Å². The first kappa shape index (κ1) is 20.0. The summed E-state index contributed by atoms with van der Waals surface area (Å²) < 4.78 is 23.3. The van der Waals surface area contributed by atoms with Crippen molar-refractivity contribution in [2.45, 2.75) is 31.4 Å². The van der Waals surface area contributed by atoms with Gasteiger partial charge in [0.2, 0.25) is 11.8 Å². The van der Waals surface area contributed by atoms with Gasteiger partial charge in [0, 0.05) is 25.5 Å². The van der Waals surface area contributed by atoms with Crippen LogP contribution in [0.3, 0.4) is 0 Å². The number of benzene rings is 1.